The predicted molar refractivity (Wildman–Crippen MR) is 88.9 cm³/mol. The first-order valence-corrected chi connectivity index (χ1v) is 6.97. The number of benzene rings is 2. The summed E-state index contributed by atoms with van der Waals surface area (Å²) < 4.78 is 0. The van der Waals surface area contributed by atoms with E-state index in [1.807, 2.05) is 24.3 Å². The molecule has 3 rings (SSSR count). The summed E-state index contributed by atoms with van der Waals surface area (Å²) in [6.45, 7) is 0. The first-order valence-electron chi connectivity index (χ1n) is 6.59. The number of hydrogen-bond acceptors (Lipinski definition) is 6. The third-order valence-corrected chi connectivity index (χ3v) is 3.41. The van der Waals surface area contributed by atoms with Crippen LogP contribution in [0, 0.1) is 10.1 Å². The van der Waals surface area contributed by atoms with Crippen LogP contribution in [-0.2, 0) is 0 Å². The van der Waals surface area contributed by atoms with E-state index in [9.17, 15) is 10.1 Å². The van der Waals surface area contributed by atoms with Crippen molar-refractivity contribution < 1.29 is 4.92 Å². The lowest BCUT2D eigenvalue weighted by atomic mass is 10.2. The maximum atomic E-state index is 10.6. The van der Waals surface area contributed by atoms with E-state index >= 15 is 0 Å². The second-order valence-corrected chi connectivity index (χ2v) is 4.96. The molecule has 8 heteroatoms. The van der Waals surface area contributed by atoms with Crippen molar-refractivity contribution in [3.63, 3.8) is 0 Å². The maximum Gasteiger partial charge on any atom is 0.269 e. The molecule has 0 unspecified atom stereocenters. The molecule has 1 aromatic heterocycles. The minimum absolute atomic E-state index is 0.0321. The summed E-state index contributed by atoms with van der Waals surface area (Å²) in [7, 11) is 0. The van der Waals surface area contributed by atoms with Gasteiger partial charge in [-0.15, -0.1) is 10.2 Å². The van der Waals surface area contributed by atoms with Crippen molar-refractivity contribution in [2.24, 2.45) is 5.10 Å². The van der Waals surface area contributed by atoms with Gasteiger partial charge in [-0.05, 0) is 17.7 Å². The van der Waals surface area contributed by atoms with E-state index in [1.54, 1.807) is 12.1 Å². The molecule has 3 aromatic rings. The molecule has 0 aliphatic heterocycles. The molecule has 0 saturated carbocycles. The summed E-state index contributed by atoms with van der Waals surface area (Å²) in [6.07, 6.45) is 1.54. The number of nitrogens with one attached hydrogen (secondary N) is 1. The Morgan fingerprint density at radius 2 is 1.78 bits per heavy atom. The summed E-state index contributed by atoms with van der Waals surface area (Å²) in [5, 5.41) is 24.4. The molecule has 0 aliphatic rings. The highest BCUT2D eigenvalue weighted by Crippen LogP contribution is 2.25. The number of nitro groups is 1. The average molecular weight is 328 g/mol. The van der Waals surface area contributed by atoms with Gasteiger partial charge in [-0.1, -0.05) is 35.9 Å². The molecule has 0 radical (unpaired) electrons. The van der Waals surface area contributed by atoms with Gasteiger partial charge in [-0.2, -0.15) is 5.10 Å². The molecule has 1 heterocycles. The van der Waals surface area contributed by atoms with Crippen molar-refractivity contribution in [1.82, 2.24) is 10.2 Å². The summed E-state index contributed by atoms with van der Waals surface area (Å²) >= 11 is 6.00. The first kappa shape index (κ1) is 14.9. The van der Waals surface area contributed by atoms with Crippen LogP contribution in [0.15, 0.2) is 53.6 Å². The van der Waals surface area contributed by atoms with Crippen LogP contribution in [-0.4, -0.2) is 21.3 Å². The smallest absolute Gasteiger partial charge is 0.259 e. The van der Waals surface area contributed by atoms with E-state index in [4.69, 9.17) is 11.6 Å². The summed E-state index contributed by atoms with van der Waals surface area (Å²) in [6, 6.07) is 13.5. The number of hydrazone groups is 1. The van der Waals surface area contributed by atoms with Crippen molar-refractivity contribution in [3.8, 4) is 0 Å². The molecule has 7 nitrogen and oxygen atoms in total. The number of nitro benzene ring substituents is 1. The van der Waals surface area contributed by atoms with Gasteiger partial charge in [0.2, 0.25) is 0 Å². The van der Waals surface area contributed by atoms with Crippen LogP contribution >= 0.6 is 11.6 Å². The lowest BCUT2D eigenvalue weighted by molar-refractivity contribution is -0.384. The Hall–Kier alpha value is -3.06. The average Bonchev–Trinajstić information content (AvgIpc) is 2.58. The molecule has 0 fully saturated rings. The molecule has 0 aliphatic carbocycles. The number of halogens is 1. The number of aromatic nitrogens is 2. The number of nitrogens with zero attached hydrogens (tertiary/aromatic N) is 4. The predicted octanol–water partition coefficient (Wildman–Crippen LogP) is 3.64. The van der Waals surface area contributed by atoms with E-state index in [0.29, 0.717) is 16.5 Å². The monoisotopic (exact) mass is 327 g/mol. The Kier molecular flexibility index (Phi) is 4.11. The minimum atomic E-state index is -0.450. The number of rotatable bonds is 4. The Morgan fingerprint density at radius 3 is 2.48 bits per heavy atom. The number of hydrogen-bond donors (Lipinski definition) is 1. The molecule has 0 bridgehead atoms. The Labute approximate surface area is 135 Å². The van der Waals surface area contributed by atoms with E-state index in [1.165, 1.54) is 18.3 Å². The van der Waals surface area contributed by atoms with Gasteiger partial charge in [-0.25, -0.2) is 0 Å². The molecule has 0 amide bonds. The second kappa shape index (κ2) is 6.37. The van der Waals surface area contributed by atoms with Gasteiger partial charge in [-0.3, -0.25) is 15.5 Å². The number of anilines is 1. The largest absolute Gasteiger partial charge is 0.269 e. The van der Waals surface area contributed by atoms with Gasteiger partial charge in [0, 0.05) is 22.9 Å². The van der Waals surface area contributed by atoms with Crippen LogP contribution in [0.3, 0.4) is 0 Å². The van der Waals surface area contributed by atoms with E-state index < -0.39 is 4.92 Å². The highest BCUT2D eigenvalue weighted by molar-refractivity contribution is 6.34. The van der Waals surface area contributed by atoms with E-state index in [-0.39, 0.29) is 5.69 Å². The van der Waals surface area contributed by atoms with Gasteiger partial charge in [0.1, 0.15) is 0 Å². The quantitative estimate of drug-likeness (QED) is 0.448. The third kappa shape index (κ3) is 3.24. The molecule has 1 N–H and O–H groups in total. The van der Waals surface area contributed by atoms with Crippen LogP contribution in [0.2, 0.25) is 5.15 Å². The zero-order chi connectivity index (χ0) is 16.2. The van der Waals surface area contributed by atoms with Gasteiger partial charge in [0.25, 0.3) is 5.69 Å². The molecular weight excluding hydrogens is 318 g/mol. The van der Waals surface area contributed by atoms with Crippen LogP contribution in [0.25, 0.3) is 10.8 Å². The van der Waals surface area contributed by atoms with Crippen LogP contribution < -0.4 is 5.43 Å². The van der Waals surface area contributed by atoms with Crippen LogP contribution in [0.4, 0.5) is 11.5 Å². The van der Waals surface area contributed by atoms with Crippen molar-refractivity contribution in [2.45, 2.75) is 0 Å². The lowest BCUT2D eigenvalue weighted by Crippen LogP contribution is -1.97. The summed E-state index contributed by atoms with van der Waals surface area (Å²) in [4.78, 5) is 10.1. The fourth-order valence-electron chi connectivity index (χ4n) is 2.00. The lowest BCUT2D eigenvalue weighted by Gasteiger charge is -2.04. The molecule has 0 spiro atoms. The van der Waals surface area contributed by atoms with E-state index in [0.717, 1.165) is 10.8 Å². The summed E-state index contributed by atoms with van der Waals surface area (Å²) in [5.74, 6) is 0.475. The highest BCUT2D eigenvalue weighted by Gasteiger charge is 2.06. The second-order valence-electron chi connectivity index (χ2n) is 4.60. The summed E-state index contributed by atoms with van der Waals surface area (Å²) in [5.41, 5.74) is 3.55. The van der Waals surface area contributed by atoms with Gasteiger partial charge >= 0.3 is 0 Å². The van der Waals surface area contributed by atoms with Crippen LogP contribution in [0.1, 0.15) is 5.56 Å². The molecular formula is C15H10ClN5O2. The van der Waals surface area contributed by atoms with Gasteiger partial charge in [0.05, 0.1) is 11.1 Å². The van der Waals surface area contributed by atoms with Crippen LogP contribution in [0.5, 0.6) is 0 Å². The van der Waals surface area contributed by atoms with Crippen molar-refractivity contribution in [1.29, 1.82) is 0 Å². The molecule has 0 saturated heterocycles. The van der Waals surface area contributed by atoms with Crippen molar-refractivity contribution in [3.05, 3.63) is 69.4 Å². The standard InChI is InChI=1S/C15H10ClN5O2/c16-14-12-3-1-2-4-13(12)15(20-18-14)19-17-9-10-5-7-11(8-6-10)21(22)23/h1-9H,(H,19,20)/b17-9-. The third-order valence-electron chi connectivity index (χ3n) is 3.13. The number of fused-ring (bicyclic) bond motifs is 1. The van der Waals surface area contributed by atoms with Crippen molar-refractivity contribution >= 4 is 40.1 Å². The molecule has 2 aromatic carbocycles. The fourth-order valence-corrected chi connectivity index (χ4v) is 2.21. The zero-order valence-corrected chi connectivity index (χ0v) is 12.4. The SMILES string of the molecule is O=[N+]([O-])c1ccc(/C=N\Nc2nnc(Cl)c3ccccc23)cc1. The molecule has 0 atom stereocenters. The maximum absolute atomic E-state index is 10.6. The Balaban J connectivity index is 1.80. The zero-order valence-electron chi connectivity index (χ0n) is 11.7. The fraction of sp³-hybridized carbons (Fsp3) is 0. The highest BCUT2D eigenvalue weighted by atomic mass is 35.5. The van der Waals surface area contributed by atoms with Crippen molar-refractivity contribution in [2.75, 3.05) is 5.43 Å². The van der Waals surface area contributed by atoms with Gasteiger partial charge in [0.15, 0.2) is 11.0 Å². The van der Waals surface area contributed by atoms with Gasteiger partial charge < -0.3 is 0 Å². The Bertz CT molecular complexity index is 896. The minimum Gasteiger partial charge on any atom is -0.259 e. The van der Waals surface area contributed by atoms with E-state index in [2.05, 4.69) is 20.7 Å². The topological polar surface area (TPSA) is 93.3 Å². The normalized spacial score (nSPS) is 11.0. The first-order chi connectivity index (χ1) is 11.1. The number of non-ortho nitro benzene ring substituents is 1. The Morgan fingerprint density at radius 1 is 1.09 bits per heavy atom. The molecule has 23 heavy (non-hydrogen) atoms. The molecule has 114 valence electrons.